The van der Waals surface area contributed by atoms with Crippen molar-refractivity contribution in [2.24, 2.45) is 15.8 Å². The highest BCUT2D eigenvalue weighted by atomic mass is 35.5. The smallest absolute Gasteiger partial charge is 0.136 e. The van der Waals surface area contributed by atoms with Crippen molar-refractivity contribution in [3.8, 4) is 12.1 Å². The summed E-state index contributed by atoms with van der Waals surface area (Å²) in [7, 11) is 0. The number of nitrogens with zero attached hydrogens (tertiary/aromatic N) is 6. The van der Waals surface area contributed by atoms with Crippen molar-refractivity contribution in [3.05, 3.63) is 83.2 Å². The Morgan fingerprint density at radius 2 is 1.59 bits per heavy atom. The molecule has 3 aliphatic heterocycles. The van der Waals surface area contributed by atoms with Crippen LogP contribution in [0.3, 0.4) is 0 Å². The van der Waals surface area contributed by atoms with E-state index in [0.29, 0.717) is 55.4 Å². The summed E-state index contributed by atoms with van der Waals surface area (Å²) in [6.45, 7) is 2.49. The zero-order chi connectivity index (χ0) is 25.6. The Labute approximate surface area is 224 Å². The van der Waals surface area contributed by atoms with Crippen LogP contribution in [0.4, 0.5) is 0 Å². The van der Waals surface area contributed by atoms with Gasteiger partial charge in [-0.15, -0.1) is 0 Å². The second-order valence-corrected chi connectivity index (χ2v) is 10.5. The molecule has 2 fully saturated rings. The van der Waals surface area contributed by atoms with E-state index >= 15 is 0 Å². The second-order valence-electron chi connectivity index (χ2n) is 9.75. The molecule has 3 aromatic rings. The van der Waals surface area contributed by atoms with Crippen molar-refractivity contribution >= 4 is 34.6 Å². The van der Waals surface area contributed by atoms with Gasteiger partial charge in [0.2, 0.25) is 0 Å². The molecule has 2 saturated heterocycles. The van der Waals surface area contributed by atoms with Crippen LogP contribution in [0.2, 0.25) is 5.02 Å². The summed E-state index contributed by atoms with van der Waals surface area (Å²) in [5.41, 5.74) is -1.59. The Morgan fingerprint density at radius 1 is 0.946 bits per heavy atom. The van der Waals surface area contributed by atoms with Gasteiger partial charge in [-0.1, -0.05) is 42.0 Å². The van der Waals surface area contributed by atoms with Crippen molar-refractivity contribution in [1.29, 1.82) is 10.5 Å². The maximum Gasteiger partial charge on any atom is 0.136 e. The van der Waals surface area contributed by atoms with Gasteiger partial charge in [0, 0.05) is 24.0 Å². The van der Waals surface area contributed by atoms with Gasteiger partial charge in [-0.2, -0.15) is 10.5 Å². The molecule has 6 rings (SSSR count). The number of thiocarbonyl (C=S) groups is 1. The molecule has 0 radical (unpaired) electrons. The lowest BCUT2D eigenvalue weighted by atomic mass is 9.53. The molecule has 0 spiro atoms. The molecule has 3 atom stereocenters. The van der Waals surface area contributed by atoms with E-state index in [2.05, 4.69) is 21.9 Å². The molecule has 0 saturated carbocycles. The summed E-state index contributed by atoms with van der Waals surface area (Å²) < 4.78 is 11.1. The number of aliphatic imine (C=N–C) groups is 1. The number of halogens is 1. The predicted octanol–water partition coefficient (Wildman–Crippen LogP) is 4.62. The lowest BCUT2D eigenvalue weighted by Crippen LogP contribution is -2.73. The third-order valence-electron chi connectivity index (χ3n) is 7.51. The molecule has 186 valence electrons. The molecular formula is C27H23ClN6O2S. The second kappa shape index (κ2) is 9.13. The maximum atomic E-state index is 10.9. The highest BCUT2D eigenvalue weighted by molar-refractivity contribution is 7.80. The SMILES string of the molecule is N#CC12CN(Cc3ccco3)CC(C#N)(C3=NCN(Cc4ccco4)CN3C1=S)C2c1ccccc1Cl. The van der Waals surface area contributed by atoms with Gasteiger partial charge in [-0.3, -0.25) is 14.8 Å². The monoisotopic (exact) mass is 530 g/mol. The van der Waals surface area contributed by atoms with Crippen LogP contribution in [0, 0.1) is 33.5 Å². The molecule has 0 amide bonds. The van der Waals surface area contributed by atoms with Crippen LogP contribution in [-0.2, 0) is 13.1 Å². The third-order valence-corrected chi connectivity index (χ3v) is 8.44. The zero-order valence-corrected chi connectivity index (χ0v) is 21.5. The Hall–Kier alpha value is -3.47. The van der Waals surface area contributed by atoms with Gasteiger partial charge in [0.05, 0.1) is 51.1 Å². The Balaban J connectivity index is 1.49. The van der Waals surface area contributed by atoms with Gasteiger partial charge in [0.1, 0.15) is 33.2 Å². The summed E-state index contributed by atoms with van der Waals surface area (Å²) in [5.74, 6) is 1.59. The van der Waals surface area contributed by atoms with Crippen LogP contribution in [0.25, 0.3) is 0 Å². The lowest BCUT2D eigenvalue weighted by Gasteiger charge is -2.60. The highest BCUT2D eigenvalue weighted by Crippen LogP contribution is 2.59. The quantitative estimate of drug-likeness (QED) is 0.441. The molecule has 0 N–H and O–H groups in total. The Kier molecular flexibility index (Phi) is 5.89. The number of furan rings is 2. The first kappa shape index (κ1) is 23.9. The van der Waals surface area contributed by atoms with Crippen LogP contribution >= 0.6 is 23.8 Å². The van der Waals surface area contributed by atoms with Crippen molar-refractivity contribution in [1.82, 2.24) is 14.7 Å². The van der Waals surface area contributed by atoms with Crippen LogP contribution < -0.4 is 0 Å². The highest BCUT2D eigenvalue weighted by Gasteiger charge is 2.68. The van der Waals surface area contributed by atoms with Crippen LogP contribution in [0.1, 0.15) is 23.0 Å². The largest absolute Gasteiger partial charge is 0.468 e. The number of amidine groups is 1. The van der Waals surface area contributed by atoms with E-state index in [-0.39, 0.29) is 0 Å². The van der Waals surface area contributed by atoms with Crippen LogP contribution in [0.5, 0.6) is 0 Å². The molecule has 37 heavy (non-hydrogen) atoms. The fraction of sp³-hybridized carbons (Fsp3) is 0.333. The van der Waals surface area contributed by atoms with Gasteiger partial charge in [0.25, 0.3) is 0 Å². The fourth-order valence-electron chi connectivity index (χ4n) is 6.10. The number of hydrogen-bond acceptors (Lipinski definition) is 8. The lowest BCUT2D eigenvalue weighted by molar-refractivity contribution is 0.0480. The maximum absolute atomic E-state index is 10.9. The molecule has 3 aliphatic rings. The number of fused-ring (bicyclic) bond motifs is 4. The van der Waals surface area contributed by atoms with Crippen molar-refractivity contribution in [3.63, 3.8) is 0 Å². The first-order valence-corrected chi connectivity index (χ1v) is 12.7. The van der Waals surface area contributed by atoms with Crippen molar-refractivity contribution in [2.45, 2.75) is 19.0 Å². The van der Waals surface area contributed by atoms with Crippen LogP contribution in [0.15, 0.2) is 74.9 Å². The van der Waals surface area contributed by atoms with Crippen LogP contribution in [-0.4, -0.2) is 52.0 Å². The van der Waals surface area contributed by atoms with E-state index in [1.54, 1.807) is 18.6 Å². The molecular weight excluding hydrogens is 508 g/mol. The normalized spacial score (nSPS) is 27.8. The minimum atomic E-state index is -1.19. The van der Waals surface area contributed by atoms with E-state index in [4.69, 9.17) is 37.6 Å². The summed E-state index contributed by atoms with van der Waals surface area (Å²) in [4.78, 5) is 11.5. The average Bonchev–Trinajstić information content (AvgIpc) is 3.62. The molecule has 0 aliphatic carbocycles. The number of rotatable bonds is 5. The predicted molar refractivity (Wildman–Crippen MR) is 140 cm³/mol. The summed E-state index contributed by atoms with van der Waals surface area (Å²) >= 11 is 12.8. The van der Waals surface area contributed by atoms with E-state index in [0.717, 1.165) is 17.1 Å². The average molecular weight is 531 g/mol. The molecule has 2 aromatic heterocycles. The molecule has 3 unspecified atom stereocenters. The van der Waals surface area contributed by atoms with E-state index < -0.39 is 16.7 Å². The molecule has 2 bridgehead atoms. The third kappa shape index (κ3) is 3.70. The van der Waals surface area contributed by atoms with E-state index in [1.165, 1.54) is 0 Å². The topological polar surface area (TPSA) is 95.9 Å². The molecule has 1 aromatic carbocycles. The first-order valence-electron chi connectivity index (χ1n) is 11.9. The number of likely N-dealkylation sites (tertiary alicyclic amines) is 1. The number of nitriles is 2. The molecule has 5 heterocycles. The van der Waals surface area contributed by atoms with Gasteiger partial charge < -0.3 is 13.7 Å². The van der Waals surface area contributed by atoms with E-state index in [1.807, 2.05) is 47.4 Å². The van der Waals surface area contributed by atoms with E-state index in [9.17, 15) is 10.5 Å². The van der Waals surface area contributed by atoms with Gasteiger partial charge in [-0.25, -0.2) is 0 Å². The molecule has 8 nitrogen and oxygen atoms in total. The summed E-state index contributed by atoms with van der Waals surface area (Å²) in [6.07, 6.45) is 3.26. The standard InChI is InChI=1S/C27H23ClN6O2S/c28-22-8-2-1-7-21(22)23-26(13-29)15-32(11-19-5-3-9-35-19)16-27(23,14-30)25(37)34-18-33(17-31-24(26)34)12-20-6-4-10-36-20/h1-10,23H,11-12,15-18H2. The molecule has 10 heteroatoms. The Morgan fingerprint density at radius 3 is 2.22 bits per heavy atom. The minimum Gasteiger partial charge on any atom is -0.468 e. The van der Waals surface area contributed by atoms with Gasteiger partial charge >= 0.3 is 0 Å². The number of hydrogen-bond donors (Lipinski definition) is 0. The zero-order valence-electron chi connectivity index (χ0n) is 19.9. The number of benzene rings is 1. The fourth-order valence-corrected chi connectivity index (χ4v) is 6.72. The van der Waals surface area contributed by atoms with Gasteiger partial charge in [0.15, 0.2) is 0 Å². The summed E-state index contributed by atoms with van der Waals surface area (Å²) in [5, 5.41) is 22.3. The van der Waals surface area contributed by atoms with Gasteiger partial charge in [-0.05, 0) is 35.9 Å². The van der Waals surface area contributed by atoms with Crippen molar-refractivity contribution < 1.29 is 8.83 Å². The number of piperidine rings is 2. The Bertz CT molecular complexity index is 1440. The first-order chi connectivity index (χ1) is 18.0. The van der Waals surface area contributed by atoms with Crippen molar-refractivity contribution in [2.75, 3.05) is 26.4 Å². The minimum absolute atomic E-state index is 0.338. The summed E-state index contributed by atoms with van der Waals surface area (Å²) in [6, 6.07) is 20.1.